The lowest BCUT2D eigenvalue weighted by Gasteiger charge is -2.23. The first-order valence-corrected chi connectivity index (χ1v) is 6.11. The SMILES string of the molecule is CC(C)C[C@@H](N[C@@H](C)C(N)=O)c1ccccc1. The molecular formula is C14H22N2O. The molecule has 0 bridgehead atoms. The van der Waals surface area contributed by atoms with E-state index in [4.69, 9.17) is 5.73 Å². The van der Waals surface area contributed by atoms with Gasteiger partial charge in [-0.3, -0.25) is 10.1 Å². The summed E-state index contributed by atoms with van der Waals surface area (Å²) in [5.74, 6) is 0.252. The van der Waals surface area contributed by atoms with E-state index < -0.39 is 0 Å². The Hall–Kier alpha value is -1.35. The number of amides is 1. The highest BCUT2D eigenvalue weighted by molar-refractivity contribution is 5.79. The fraction of sp³-hybridized carbons (Fsp3) is 0.500. The summed E-state index contributed by atoms with van der Waals surface area (Å²) in [6, 6.07) is 10.0. The van der Waals surface area contributed by atoms with Gasteiger partial charge in [0.1, 0.15) is 0 Å². The zero-order valence-electron chi connectivity index (χ0n) is 10.8. The van der Waals surface area contributed by atoms with Gasteiger partial charge in [-0.25, -0.2) is 0 Å². The molecule has 0 heterocycles. The summed E-state index contributed by atoms with van der Waals surface area (Å²) in [4.78, 5) is 11.1. The molecule has 0 saturated heterocycles. The van der Waals surface area contributed by atoms with Crippen molar-refractivity contribution >= 4 is 5.91 Å². The van der Waals surface area contributed by atoms with Gasteiger partial charge in [-0.1, -0.05) is 44.2 Å². The summed E-state index contributed by atoms with van der Waals surface area (Å²) in [6.07, 6.45) is 0.988. The van der Waals surface area contributed by atoms with Gasteiger partial charge >= 0.3 is 0 Å². The number of carbonyl (C=O) groups excluding carboxylic acids is 1. The Bertz CT molecular complexity index is 348. The van der Waals surface area contributed by atoms with Crippen LogP contribution in [0.25, 0.3) is 0 Å². The van der Waals surface area contributed by atoms with Gasteiger partial charge in [-0.15, -0.1) is 0 Å². The molecule has 1 aromatic rings. The van der Waals surface area contributed by atoms with Crippen molar-refractivity contribution in [1.29, 1.82) is 0 Å². The number of hydrogen-bond acceptors (Lipinski definition) is 2. The molecule has 1 amide bonds. The molecule has 0 aliphatic heterocycles. The van der Waals surface area contributed by atoms with E-state index >= 15 is 0 Å². The summed E-state index contributed by atoms with van der Waals surface area (Å²) in [5, 5.41) is 3.29. The topological polar surface area (TPSA) is 55.1 Å². The lowest BCUT2D eigenvalue weighted by Crippen LogP contribution is -2.41. The fourth-order valence-corrected chi connectivity index (χ4v) is 1.84. The molecule has 0 fully saturated rings. The summed E-state index contributed by atoms with van der Waals surface area (Å²) in [7, 11) is 0. The molecule has 1 aromatic carbocycles. The predicted molar refractivity (Wildman–Crippen MR) is 70.4 cm³/mol. The zero-order valence-corrected chi connectivity index (χ0v) is 10.8. The third-order valence-electron chi connectivity index (χ3n) is 2.79. The Morgan fingerprint density at radius 2 is 1.82 bits per heavy atom. The van der Waals surface area contributed by atoms with Crippen molar-refractivity contribution in [2.24, 2.45) is 11.7 Å². The molecule has 0 aliphatic carbocycles. The Morgan fingerprint density at radius 3 is 2.29 bits per heavy atom. The number of hydrogen-bond donors (Lipinski definition) is 2. The minimum absolute atomic E-state index is 0.179. The van der Waals surface area contributed by atoms with Crippen LogP contribution in [0.2, 0.25) is 0 Å². The van der Waals surface area contributed by atoms with Gasteiger partial charge in [-0.2, -0.15) is 0 Å². The summed E-state index contributed by atoms with van der Waals surface area (Å²) >= 11 is 0. The van der Waals surface area contributed by atoms with Crippen LogP contribution in [-0.4, -0.2) is 11.9 Å². The second kappa shape index (κ2) is 6.40. The van der Waals surface area contributed by atoms with Crippen molar-refractivity contribution in [3.8, 4) is 0 Å². The van der Waals surface area contributed by atoms with Crippen molar-refractivity contribution in [3.63, 3.8) is 0 Å². The Labute approximate surface area is 103 Å². The Morgan fingerprint density at radius 1 is 1.24 bits per heavy atom. The second-order valence-corrected chi connectivity index (χ2v) is 4.88. The van der Waals surface area contributed by atoms with Crippen molar-refractivity contribution in [1.82, 2.24) is 5.32 Å². The zero-order chi connectivity index (χ0) is 12.8. The fourth-order valence-electron chi connectivity index (χ4n) is 1.84. The van der Waals surface area contributed by atoms with E-state index in [1.165, 1.54) is 5.56 Å². The van der Waals surface area contributed by atoms with E-state index in [9.17, 15) is 4.79 Å². The predicted octanol–water partition coefficient (Wildman–Crippen LogP) is 2.24. The van der Waals surface area contributed by atoms with E-state index in [2.05, 4.69) is 31.3 Å². The smallest absolute Gasteiger partial charge is 0.234 e. The Kier molecular flexibility index (Phi) is 5.16. The molecule has 0 spiro atoms. The molecular weight excluding hydrogens is 212 g/mol. The Balaban J connectivity index is 2.77. The summed E-state index contributed by atoms with van der Waals surface area (Å²) in [6.45, 7) is 6.15. The van der Waals surface area contributed by atoms with Crippen molar-refractivity contribution < 1.29 is 4.79 Å². The molecule has 0 aromatic heterocycles. The third kappa shape index (κ3) is 4.57. The van der Waals surface area contributed by atoms with E-state index in [1.807, 2.05) is 18.2 Å². The van der Waals surface area contributed by atoms with Crippen LogP contribution in [-0.2, 0) is 4.79 Å². The monoisotopic (exact) mass is 234 g/mol. The van der Waals surface area contributed by atoms with E-state index in [0.29, 0.717) is 5.92 Å². The quantitative estimate of drug-likeness (QED) is 0.793. The standard InChI is InChI=1S/C14H22N2O/c1-10(2)9-13(16-11(3)14(15)17)12-7-5-4-6-8-12/h4-8,10-11,13,16H,9H2,1-3H3,(H2,15,17)/t11-,13+/m0/s1. The number of nitrogens with two attached hydrogens (primary N) is 1. The van der Waals surface area contributed by atoms with Gasteiger partial charge in [0.25, 0.3) is 0 Å². The number of primary amides is 1. The number of benzene rings is 1. The largest absolute Gasteiger partial charge is 0.368 e. The molecule has 0 aliphatic rings. The van der Waals surface area contributed by atoms with Crippen LogP contribution >= 0.6 is 0 Å². The van der Waals surface area contributed by atoms with Crippen molar-refractivity contribution in [2.75, 3.05) is 0 Å². The molecule has 1 rings (SSSR count). The highest BCUT2D eigenvalue weighted by Crippen LogP contribution is 2.21. The van der Waals surface area contributed by atoms with Gasteiger partial charge in [-0.05, 0) is 24.8 Å². The lowest BCUT2D eigenvalue weighted by molar-refractivity contribution is -0.119. The van der Waals surface area contributed by atoms with Gasteiger partial charge in [0.15, 0.2) is 0 Å². The van der Waals surface area contributed by atoms with Crippen LogP contribution in [0.15, 0.2) is 30.3 Å². The van der Waals surface area contributed by atoms with Crippen LogP contribution in [0.3, 0.4) is 0 Å². The molecule has 3 nitrogen and oxygen atoms in total. The minimum atomic E-state index is -0.310. The molecule has 0 unspecified atom stereocenters. The van der Waals surface area contributed by atoms with Crippen LogP contribution in [0.4, 0.5) is 0 Å². The first-order chi connectivity index (χ1) is 8.00. The van der Waals surface area contributed by atoms with Gasteiger partial charge in [0.2, 0.25) is 5.91 Å². The molecule has 2 atom stereocenters. The van der Waals surface area contributed by atoms with Crippen molar-refractivity contribution in [2.45, 2.75) is 39.3 Å². The molecule has 0 radical (unpaired) electrons. The third-order valence-corrected chi connectivity index (χ3v) is 2.79. The average molecular weight is 234 g/mol. The summed E-state index contributed by atoms with van der Waals surface area (Å²) < 4.78 is 0. The second-order valence-electron chi connectivity index (χ2n) is 4.88. The van der Waals surface area contributed by atoms with Crippen LogP contribution < -0.4 is 11.1 Å². The first-order valence-electron chi connectivity index (χ1n) is 6.11. The average Bonchev–Trinajstić information content (AvgIpc) is 2.28. The number of carbonyl (C=O) groups is 1. The van der Waals surface area contributed by atoms with Crippen LogP contribution in [0, 0.1) is 5.92 Å². The van der Waals surface area contributed by atoms with E-state index in [1.54, 1.807) is 6.92 Å². The summed E-state index contributed by atoms with van der Waals surface area (Å²) in [5.41, 5.74) is 6.49. The minimum Gasteiger partial charge on any atom is -0.368 e. The van der Waals surface area contributed by atoms with E-state index in [-0.39, 0.29) is 18.0 Å². The molecule has 3 heteroatoms. The molecule has 0 saturated carbocycles. The first kappa shape index (κ1) is 13.7. The lowest BCUT2D eigenvalue weighted by atomic mass is 9.96. The number of nitrogens with one attached hydrogen (secondary N) is 1. The van der Waals surface area contributed by atoms with E-state index in [0.717, 1.165) is 6.42 Å². The van der Waals surface area contributed by atoms with Crippen LogP contribution in [0.5, 0.6) is 0 Å². The van der Waals surface area contributed by atoms with Gasteiger partial charge < -0.3 is 5.73 Å². The highest BCUT2D eigenvalue weighted by atomic mass is 16.1. The van der Waals surface area contributed by atoms with Crippen LogP contribution in [0.1, 0.15) is 38.8 Å². The maximum Gasteiger partial charge on any atom is 0.234 e. The van der Waals surface area contributed by atoms with Crippen molar-refractivity contribution in [3.05, 3.63) is 35.9 Å². The number of rotatable bonds is 6. The molecule has 3 N–H and O–H groups in total. The van der Waals surface area contributed by atoms with Gasteiger partial charge in [0.05, 0.1) is 6.04 Å². The molecule has 94 valence electrons. The normalized spacial score (nSPS) is 14.6. The maximum absolute atomic E-state index is 11.1. The van der Waals surface area contributed by atoms with Gasteiger partial charge in [0, 0.05) is 6.04 Å². The molecule has 17 heavy (non-hydrogen) atoms. The highest BCUT2D eigenvalue weighted by Gasteiger charge is 2.18. The maximum atomic E-state index is 11.1.